The summed E-state index contributed by atoms with van der Waals surface area (Å²) in [4.78, 5) is 8.59. The Hall–Kier alpha value is -3.13. The number of rotatable bonds is 10. The number of nitrogens with zero attached hydrogens (tertiary/aromatic N) is 6. The van der Waals surface area contributed by atoms with Gasteiger partial charge in [-0.3, -0.25) is 4.57 Å². The predicted octanol–water partition coefficient (Wildman–Crippen LogP) is 4.78. The third-order valence-electron chi connectivity index (χ3n) is 4.78. The summed E-state index contributed by atoms with van der Waals surface area (Å²) in [5.41, 5.74) is 1.13. The molecule has 8 heteroatoms. The Labute approximate surface area is 186 Å². The van der Waals surface area contributed by atoms with Crippen LogP contribution in [0.3, 0.4) is 0 Å². The lowest BCUT2D eigenvalue weighted by Gasteiger charge is -2.12. The van der Waals surface area contributed by atoms with Crippen LogP contribution in [-0.4, -0.2) is 29.3 Å². The van der Waals surface area contributed by atoms with E-state index >= 15 is 0 Å². The van der Waals surface area contributed by atoms with Crippen LogP contribution in [-0.2, 0) is 18.9 Å². The molecule has 0 aliphatic heterocycles. The Balaban J connectivity index is 1.43. The zero-order valence-electron chi connectivity index (χ0n) is 17.8. The second-order valence-electron chi connectivity index (χ2n) is 7.62. The summed E-state index contributed by atoms with van der Waals surface area (Å²) >= 11 is 1.67. The SMILES string of the molecule is CC(C)CCn1c(COc2ccccc2)nnc1SCc1ccc(-n2ccnc2)nc1. The third kappa shape index (κ3) is 5.73. The molecule has 0 N–H and O–H groups in total. The molecule has 0 fully saturated rings. The summed E-state index contributed by atoms with van der Waals surface area (Å²) in [6, 6.07) is 13.9. The summed E-state index contributed by atoms with van der Waals surface area (Å²) in [5, 5.41) is 9.76. The van der Waals surface area contributed by atoms with Gasteiger partial charge >= 0.3 is 0 Å². The monoisotopic (exact) mass is 434 g/mol. The second-order valence-corrected chi connectivity index (χ2v) is 8.56. The Morgan fingerprint density at radius 2 is 1.94 bits per heavy atom. The van der Waals surface area contributed by atoms with Crippen molar-refractivity contribution in [2.45, 2.75) is 44.3 Å². The molecule has 4 aromatic rings. The topological polar surface area (TPSA) is 70.7 Å². The van der Waals surface area contributed by atoms with Crippen LogP contribution in [0.5, 0.6) is 5.75 Å². The molecule has 1 aromatic carbocycles. The molecule has 0 bridgehead atoms. The predicted molar refractivity (Wildman–Crippen MR) is 121 cm³/mol. The van der Waals surface area contributed by atoms with Crippen molar-refractivity contribution in [1.29, 1.82) is 0 Å². The summed E-state index contributed by atoms with van der Waals surface area (Å²) in [6.07, 6.45) is 8.33. The normalized spacial score (nSPS) is 11.2. The minimum absolute atomic E-state index is 0.400. The van der Waals surface area contributed by atoms with Gasteiger partial charge in [0.25, 0.3) is 0 Å². The van der Waals surface area contributed by atoms with Gasteiger partial charge in [0.05, 0.1) is 0 Å². The van der Waals surface area contributed by atoms with E-state index in [-0.39, 0.29) is 0 Å². The minimum Gasteiger partial charge on any atom is -0.486 e. The van der Waals surface area contributed by atoms with Crippen LogP contribution in [0.1, 0.15) is 31.7 Å². The number of aromatic nitrogens is 6. The maximum absolute atomic E-state index is 5.91. The van der Waals surface area contributed by atoms with E-state index in [1.165, 1.54) is 0 Å². The van der Waals surface area contributed by atoms with E-state index in [1.54, 1.807) is 24.3 Å². The van der Waals surface area contributed by atoms with Crippen LogP contribution >= 0.6 is 11.8 Å². The van der Waals surface area contributed by atoms with Crippen molar-refractivity contribution in [3.05, 3.63) is 78.8 Å². The first kappa shape index (κ1) is 21.1. The van der Waals surface area contributed by atoms with Crippen LogP contribution in [0.2, 0.25) is 0 Å². The molecule has 160 valence electrons. The van der Waals surface area contributed by atoms with Gasteiger partial charge < -0.3 is 9.30 Å². The zero-order valence-corrected chi connectivity index (χ0v) is 18.6. The minimum atomic E-state index is 0.400. The highest BCUT2D eigenvalue weighted by molar-refractivity contribution is 7.98. The summed E-state index contributed by atoms with van der Waals surface area (Å²) in [5.74, 6) is 3.91. The average molecular weight is 435 g/mol. The van der Waals surface area contributed by atoms with Crippen LogP contribution in [0.25, 0.3) is 5.82 Å². The Kier molecular flexibility index (Phi) is 6.99. The van der Waals surface area contributed by atoms with Gasteiger partial charge in [0.15, 0.2) is 11.0 Å². The van der Waals surface area contributed by atoms with Gasteiger partial charge in [-0.1, -0.05) is 49.9 Å². The Morgan fingerprint density at radius 1 is 1.06 bits per heavy atom. The molecule has 0 saturated carbocycles. The Bertz CT molecular complexity index is 1060. The maximum atomic E-state index is 5.91. The molecule has 0 atom stereocenters. The van der Waals surface area contributed by atoms with Crippen molar-refractivity contribution >= 4 is 11.8 Å². The highest BCUT2D eigenvalue weighted by Crippen LogP contribution is 2.24. The average Bonchev–Trinajstić information content (AvgIpc) is 3.46. The third-order valence-corrected chi connectivity index (χ3v) is 5.82. The molecule has 0 radical (unpaired) electrons. The molecule has 0 saturated heterocycles. The van der Waals surface area contributed by atoms with E-state index in [0.717, 1.165) is 46.8 Å². The standard InChI is InChI=1S/C23H26N6OS/c1-18(2)10-12-29-22(15-30-20-6-4-3-5-7-20)26-27-23(29)31-16-19-8-9-21(25-14-19)28-13-11-24-17-28/h3-9,11,13-14,17-18H,10,12,15-16H2,1-2H3. The van der Waals surface area contributed by atoms with Gasteiger partial charge in [0, 0.05) is 30.9 Å². The van der Waals surface area contributed by atoms with Crippen molar-refractivity contribution in [2.75, 3.05) is 0 Å². The molecule has 0 aliphatic rings. The fourth-order valence-corrected chi connectivity index (χ4v) is 3.92. The van der Waals surface area contributed by atoms with Crippen molar-refractivity contribution in [2.24, 2.45) is 5.92 Å². The number of hydrogen-bond donors (Lipinski definition) is 0. The highest BCUT2D eigenvalue weighted by Gasteiger charge is 2.14. The van der Waals surface area contributed by atoms with E-state index in [2.05, 4.69) is 44.6 Å². The smallest absolute Gasteiger partial charge is 0.191 e. The van der Waals surface area contributed by atoms with Crippen LogP contribution in [0, 0.1) is 5.92 Å². The van der Waals surface area contributed by atoms with Crippen LogP contribution in [0.15, 0.2) is 72.5 Å². The van der Waals surface area contributed by atoms with Crippen LogP contribution in [0.4, 0.5) is 0 Å². The number of hydrogen-bond acceptors (Lipinski definition) is 6. The van der Waals surface area contributed by atoms with Crippen LogP contribution < -0.4 is 4.74 Å². The summed E-state index contributed by atoms with van der Waals surface area (Å²) < 4.78 is 9.98. The lowest BCUT2D eigenvalue weighted by Crippen LogP contribution is -2.10. The van der Waals surface area contributed by atoms with Crippen molar-refractivity contribution in [3.8, 4) is 11.6 Å². The molecule has 7 nitrogen and oxygen atoms in total. The molecule has 3 heterocycles. The molecule has 31 heavy (non-hydrogen) atoms. The lowest BCUT2D eigenvalue weighted by molar-refractivity contribution is 0.285. The Morgan fingerprint density at radius 3 is 2.65 bits per heavy atom. The second kappa shape index (κ2) is 10.3. The number of pyridine rings is 1. The molecule has 0 amide bonds. The van der Waals surface area contributed by atoms with Crippen molar-refractivity contribution in [3.63, 3.8) is 0 Å². The fraction of sp³-hybridized carbons (Fsp3) is 0.304. The number of benzene rings is 1. The van der Waals surface area contributed by atoms with Crippen molar-refractivity contribution < 1.29 is 4.74 Å². The van der Waals surface area contributed by atoms with Gasteiger partial charge in [-0.2, -0.15) is 0 Å². The van der Waals surface area contributed by atoms with Gasteiger partial charge in [0.1, 0.15) is 24.5 Å². The largest absolute Gasteiger partial charge is 0.486 e. The molecular formula is C23H26N6OS. The first-order chi connectivity index (χ1) is 15.2. The molecule has 4 rings (SSSR count). The molecule has 3 aromatic heterocycles. The molecule has 0 aliphatic carbocycles. The lowest BCUT2D eigenvalue weighted by atomic mass is 10.1. The molecule has 0 unspecified atom stereocenters. The fourth-order valence-electron chi connectivity index (χ4n) is 3.01. The van der Waals surface area contributed by atoms with Gasteiger partial charge in [-0.05, 0) is 36.1 Å². The number of thioether (sulfide) groups is 1. The first-order valence-electron chi connectivity index (χ1n) is 10.3. The van der Waals surface area contributed by atoms with E-state index < -0.39 is 0 Å². The molecule has 0 spiro atoms. The quantitative estimate of drug-likeness (QED) is 0.335. The maximum Gasteiger partial charge on any atom is 0.191 e. The summed E-state index contributed by atoms with van der Waals surface area (Å²) in [6.45, 7) is 5.73. The first-order valence-corrected chi connectivity index (χ1v) is 11.3. The summed E-state index contributed by atoms with van der Waals surface area (Å²) in [7, 11) is 0. The van der Waals surface area contributed by atoms with E-state index in [9.17, 15) is 0 Å². The van der Waals surface area contributed by atoms with Crippen molar-refractivity contribution in [1.82, 2.24) is 29.3 Å². The zero-order chi connectivity index (χ0) is 21.5. The van der Waals surface area contributed by atoms with Gasteiger partial charge in [-0.25, -0.2) is 9.97 Å². The van der Waals surface area contributed by atoms with E-state index in [0.29, 0.717) is 12.5 Å². The van der Waals surface area contributed by atoms with Gasteiger partial charge in [0.2, 0.25) is 0 Å². The number of ether oxygens (including phenoxy) is 1. The number of para-hydroxylation sites is 1. The highest BCUT2D eigenvalue weighted by atomic mass is 32.2. The number of imidazole rings is 1. The molecular weight excluding hydrogens is 408 g/mol. The van der Waals surface area contributed by atoms with Gasteiger partial charge in [-0.15, -0.1) is 10.2 Å². The van der Waals surface area contributed by atoms with E-state index in [4.69, 9.17) is 4.74 Å². The van der Waals surface area contributed by atoms with E-state index in [1.807, 2.05) is 53.4 Å².